The van der Waals surface area contributed by atoms with Crippen LogP contribution in [-0.2, 0) is 27.2 Å². The van der Waals surface area contributed by atoms with Gasteiger partial charge in [-0.3, -0.25) is 9.59 Å². The second kappa shape index (κ2) is 16.5. The zero-order chi connectivity index (χ0) is 37.0. The number of ketones is 1. The van der Waals surface area contributed by atoms with E-state index in [0.29, 0.717) is 24.5 Å². The molecule has 0 unspecified atom stereocenters. The first kappa shape index (κ1) is 38.1. The molecule has 0 saturated heterocycles. The minimum atomic E-state index is -0.282. The first-order chi connectivity index (χ1) is 24.4. The molecule has 7 nitrogen and oxygen atoms in total. The van der Waals surface area contributed by atoms with E-state index in [1.165, 1.54) is 0 Å². The minimum Gasteiger partial charge on any atom is -0.496 e. The van der Waals surface area contributed by atoms with Gasteiger partial charge in [0, 0.05) is 35.7 Å². The predicted octanol–water partition coefficient (Wildman–Crippen LogP) is 11.0. The largest absolute Gasteiger partial charge is 0.496 e. The van der Waals surface area contributed by atoms with Crippen molar-refractivity contribution in [3.05, 3.63) is 70.8 Å². The van der Waals surface area contributed by atoms with Crippen molar-refractivity contribution in [3.63, 3.8) is 0 Å². The molecule has 0 N–H and O–H groups in total. The van der Waals surface area contributed by atoms with Crippen LogP contribution in [0.3, 0.4) is 0 Å². The maximum Gasteiger partial charge on any atom is 0.310 e. The molecule has 5 aromatic rings. The molecule has 270 valence electrons. The van der Waals surface area contributed by atoms with Crippen molar-refractivity contribution in [2.75, 3.05) is 20.8 Å². The summed E-state index contributed by atoms with van der Waals surface area (Å²) in [5, 5.41) is 0. The van der Waals surface area contributed by atoms with E-state index in [1.807, 2.05) is 71.0 Å². The molecule has 3 aromatic heterocycles. The van der Waals surface area contributed by atoms with Crippen molar-refractivity contribution < 1.29 is 33.3 Å². The summed E-state index contributed by atoms with van der Waals surface area (Å²) in [7, 11) is 3.32. The Hall–Kier alpha value is -4.12. The lowest BCUT2D eigenvalue weighted by Gasteiger charge is -2.16. The summed E-state index contributed by atoms with van der Waals surface area (Å²) >= 11 is 4.94. The Morgan fingerprint density at radius 3 is 1.47 bits per heavy atom. The number of carbonyl (C=O) groups excluding carboxylic acids is 2. The number of ether oxygens (including phenoxy) is 5. The van der Waals surface area contributed by atoms with Crippen molar-refractivity contribution >= 4 is 45.8 Å². The zero-order valence-corrected chi connectivity index (χ0v) is 33.4. The second-order valence-corrected chi connectivity index (χ2v) is 15.9. The van der Waals surface area contributed by atoms with Crippen LogP contribution in [0.5, 0.6) is 23.0 Å². The maximum absolute atomic E-state index is 13.0. The summed E-state index contributed by atoms with van der Waals surface area (Å²) < 4.78 is 29.5. The third-order valence-electron chi connectivity index (χ3n) is 8.19. The van der Waals surface area contributed by atoms with Crippen molar-refractivity contribution in [1.29, 1.82) is 0 Å². The van der Waals surface area contributed by atoms with Crippen molar-refractivity contribution in [2.45, 2.75) is 80.4 Å². The standard InChI is InChI=1S/C41H46O7S3/c1-11-46-35(43)21-28-20-34(37-30(45-10)15-13-17-32(37)48-23(4)5)50-41(28)39-26(8)25(7)38(51-39)40-27(18-24(6)42)19-33(49-40)36-29(44-9)14-12-16-31(36)47-22(2)3/h12-17,19-20,22-23H,11,18,21H2,1-10H3. The van der Waals surface area contributed by atoms with Gasteiger partial charge in [-0.1, -0.05) is 12.1 Å². The quantitative estimate of drug-likeness (QED) is 0.0987. The molecule has 0 spiro atoms. The average molecular weight is 747 g/mol. The molecule has 0 fully saturated rings. The Morgan fingerprint density at radius 1 is 0.647 bits per heavy atom. The number of hydrogen-bond acceptors (Lipinski definition) is 10. The summed E-state index contributed by atoms with van der Waals surface area (Å²) in [4.78, 5) is 31.7. The van der Waals surface area contributed by atoms with Gasteiger partial charge in [0.2, 0.25) is 0 Å². The zero-order valence-electron chi connectivity index (χ0n) is 31.0. The van der Waals surface area contributed by atoms with Gasteiger partial charge in [0.05, 0.1) is 50.6 Å². The number of benzene rings is 2. The highest BCUT2D eigenvalue weighted by molar-refractivity contribution is 7.28. The topological polar surface area (TPSA) is 80.3 Å². The Kier molecular flexibility index (Phi) is 12.3. The first-order valence-electron chi connectivity index (χ1n) is 17.1. The smallest absolute Gasteiger partial charge is 0.310 e. The van der Waals surface area contributed by atoms with Crippen LogP contribution in [0.4, 0.5) is 0 Å². The van der Waals surface area contributed by atoms with Crippen molar-refractivity contribution in [1.82, 2.24) is 0 Å². The van der Waals surface area contributed by atoms with Gasteiger partial charge in [-0.25, -0.2) is 0 Å². The Balaban J connectivity index is 1.71. The lowest BCUT2D eigenvalue weighted by atomic mass is 10.0. The number of methoxy groups -OCH3 is 2. The van der Waals surface area contributed by atoms with Crippen LogP contribution >= 0.6 is 34.0 Å². The third-order valence-corrected chi connectivity index (χ3v) is 12.3. The monoisotopic (exact) mass is 746 g/mol. The highest BCUT2D eigenvalue weighted by atomic mass is 32.1. The number of esters is 1. The van der Waals surface area contributed by atoms with Crippen LogP contribution in [0.25, 0.3) is 40.4 Å². The van der Waals surface area contributed by atoms with Gasteiger partial charge in [-0.2, -0.15) is 0 Å². The average Bonchev–Trinajstić information content (AvgIpc) is 3.75. The van der Waals surface area contributed by atoms with Crippen LogP contribution in [0.2, 0.25) is 0 Å². The van der Waals surface area contributed by atoms with E-state index in [4.69, 9.17) is 23.7 Å². The van der Waals surface area contributed by atoms with Crippen molar-refractivity contribution in [3.8, 4) is 63.4 Å². The summed E-state index contributed by atoms with van der Waals surface area (Å²) in [5.41, 5.74) is 5.82. The molecule has 2 aromatic carbocycles. The summed E-state index contributed by atoms with van der Waals surface area (Å²) in [6.45, 7) is 16.0. The fourth-order valence-corrected chi connectivity index (χ4v) is 10.2. The maximum atomic E-state index is 13.0. The molecule has 0 aliphatic heterocycles. The van der Waals surface area contributed by atoms with E-state index in [9.17, 15) is 9.59 Å². The Labute approximate surface area is 313 Å². The third kappa shape index (κ3) is 8.35. The van der Waals surface area contributed by atoms with Gasteiger partial charge in [-0.05, 0) is 114 Å². The van der Waals surface area contributed by atoms with Gasteiger partial charge in [0.15, 0.2) is 0 Å². The molecule has 0 amide bonds. The molecule has 51 heavy (non-hydrogen) atoms. The van der Waals surface area contributed by atoms with Crippen molar-refractivity contribution in [2.24, 2.45) is 0 Å². The van der Waals surface area contributed by atoms with E-state index in [-0.39, 0.29) is 30.4 Å². The van der Waals surface area contributed by atoms with Gasteiger partial charge in [0.25, 0.3) is 0 Å². The molecule has 0 aliphatic rings. The molecule has 5 rings (SSSR count). The molecule has 0 saturated carbocycles. The van der Waals surface area contributed by atoms with E-state index in [1.54, 1.807) is 55.2 Å². The molecule has 10 heteroatoms. The Morgan fingerprint density at radius 2 is 1.08 bits per heavy atom. The molecule has 0 bridgehead atoms. The first-order valence-corrected chi connectivity index (χ1v) is 19.5. The molecular formula is C41H46O7S3. The lowest BCUT2D eigenvalue weighted by molar-refractivity contribution is -0.142. The van der Waals surface area contributed by atoms with E-state index < -0.39 is 0 Å². The molecule has 0 aliphatic carbocycles. The van der Waals surface area contributed by atoms with Gasteiger partial charge in [-0.15, -0.1) is 34.0 Å². The van der Waals surface area contributed by atoms with Gasteiger partial charge in [0.1, 0.15) is 28.8 Å². The Bertz CT molecular complexity index is 2030. The molecule has 3 heterocycles. The van der Waals surface area contributed by atoms with Crippen LogP contribution in [0.15, 0.2) is 48.5 Å². The van der Waals surface area contributed by atoms with Crippen LogP contribution in [0, 0.1) is 13.8 Å². The summed E-state index contributed by atoms with van der Waals surface area (Å²) in [6, 6.07) is 15.8. The predicted molar refractivity (Wildman–Crippen MR) is 211 cm³/mol. The number of hydrogen-bond donors (Lipinski definition) is 0. The van der Waals surface area contributed by atoms with Crippen LogP contribution in [-0.4, -0.2) is 44.8 Å². The van der Waals surface area contributed by atoms with E-state index >= 15 is 0 Å². The summed E-state index contributed by atoms with van der Waals surface area (Å²) in [5.74, 6) is 2.66. The second-order valence-electron chi connectivity index (χ2n) is 12.8. The fraction of sp³-hybridized carbons (Fsp3) is 0.366. The van der Waals surface area contributed by atoms with Crippen LogP contribution < -0.4 is 18.9 Å². The summed E-state index contributed by atoms with van der Waals surface area (Å²) in [6.07, 6.45) is 0.367. The molecule has 0 radical (unpaired) electrons. The number of thiophene rings is 3. The minimum absolute atomic E-state index is 0.0277. The van der Waals surface area contributed by atoms with E-state index in [0.717, 1.165) is 74.1 Å². The number of rotatable bonds is 15. The van der Waals surface area contributed by atoms with Gasteiger partial charge >= 0.3 is 5.97 Å². The van der Waals surface area contributed by atoms with Gasteiger partial charge < -0.3 is 23.7 Å². The fourth-order valence-electron chi connectivity index (χ4n) is 5.97. The molecular weight excluding hydrogens is 701 g/mol. The normalized spacial score (nSPS) is 11.3. The SMILES string of the molecule is CCOC(=O)Cc1cc(-c2c(OC)cccc2OC(C)C)sc1-c1sc(-c2sc(-c3c(OC)cccc3OC(C)C)cc2CC(C)=O)c(C)c1C. The number of Topliss-reactive ketones (excluding diaryl/α,β-unsaturated/α-hetero) is 1. The number of carbonyl (C=O) groups is 2. The molecule has 0 atom stereocenters. The lowest BCUT2D eigenvalue weighted by Crippen LogP contribution is -2.07. The highest BCUT2D eigenvalue weighted by Gasteiger charge is 2.27. The van der Waals surface area contributed by atoms with Crippen LogP contribution in [0.1, 0.15) is 63.8 Å². The van der Waals surface area contributed by atoms with E-state index in [2.05, 4.69) is 26.0 Å². The highest BCUT2D eigenvalue weighted by Crippen LogP contribution is 2.53.